The predicted molar refractivity (Wildman–Crippen MR) is 73.8 cm³/mol. The molecule has 1 aliphatic carbocycles. The zero-order chi connectivity index (χ0) is 13.9. The van der Waals surface area contributed by atoms with Gasteiger partial charge < -0.3 is 9.84 Å². The molecule has 1 fully saturated rings. The molecule has 0 spiro atoms. The van der Waals surface area contributed by atoms with Crippen LogP contribution >= 0.6 is 0 Å². The molecule has 2 aromatic rings. The molecular formula is C15H15N3O2. The van der Waals surface area contributed by atoms with E-state index in [1.807, 2.05) is 24.3 Å². The Kier molecular flexibility index (Phi) is 3.33. The van der Waals surface area contributed by atoms with Crippen molar-refractivity contribution in [1.29, 1.82) is 0 Å². The molecule has 0 saturated heterocycles. The Morgan fingerprint density at radius 1 is 1.40 bits per heavy atom. The van der Waals surface area contributed by atoms with E-state index in [-0.39, 0.29) is 5.91 Å². The molecule has 0 atom stereocenters. The second kappa shape index (κ2) is 5.28. The van der Waals surface area contributed by atoms with Crippen molar-refractivity contribution in [2.24, 2.45) is 0 Å². The highest BCUT2D eigenvalue weighted by molar-refractivity contribution is 5.86. The molecule has 0 unspecified atom stereocenters. The molecule has 20 heavy (non-hydrogen) atoms. The van der Waals surface area contributed by atoms with Crippen LogP contribution in [-0.2, 0) is 11.3 Å². The summed E-state index contributed by atoms with van der Waals surface area (Å²) in [6.45, 7) is 3.88. The topological polar surface area (TPSA) is 68.0 Å². The lowest BCUT2D eigenvalue weighted by Gasteiger charge is -2.02. The number of aromatic nitrogens is 2. The number of benzene rings is 1. The van der Waals surface area contributed by atoms with Crippen LogP contribution in [0.4, 0.5) is 0 Å². The zero-order valence-corrected chi connectivity index (χ0v) is 11.0. The first-order valence-corrected chi connectivity index (χ1v) is 6.59. The summed E-state index contributed by atoms with van der Waals surface area (Å²) in [7, 11) is 0. The highest BCUT2D eigenvalue weighted by atomic mass is 16.5. The molecule has 1 N–H and O–H groups in total. The number of amides is 1. The summed E-state index contributed by atoms with van der Waals surface area (Å²) in [6, 6.07) is 7.69. The van der Waals surface area contributed by atoms with Crippen LogP contribution in [0.5, 0.6) is 0 Å². The molecule has 0 radical (unpaired) electrons. The predicted octanol–water partition coefficient (Wildman–Crippen LogP) is 2.42. The summed E-state index contributed by atoms with van der Waals surface area (Å²) >= 11 is 0. The number of nitrogens with zero attached hydrogens (tertiary/aromatic N) is 2. The lowest BCUT2D eigenvalue weighted by atomic mass is 10.1. The minimum atomic E-state index is -0.181. The maximum Gasteiger partial charge on any atom is 0.257 e. The van der Waals surface area contributed by atoms with Crippen molar-refractivity contribution in [3.8, 4) is 11.5 Å². The van der Waals surface area contributed by atoms with E-state index >= 15 is 0 Å². The molecule has 1 aliphatic rings. The van der Waals surface area contributed by atoms with Gasteiger partial charge in [0.15, 0.2) is 5.82 Å². The van der Waals surface area contributed by atoms with Crippen LogP contribution in [0.3, 0.4) is 0 Å². The second-order valence-corrected chi connectivity index (χ2v) is 4.85. The number of nitrogens with one attached hydrogen (secondary N) is 1. The average Bonchev–Trinajstić information content (AvgIpc) is 3.23. The van der Waals surface area contributed by atoms with Gasteiger partial charge in [-0.05, 0) is 36.6 Å². The highest BCUT2D eigenvalue weighted by Crippen LogP contribution is 2.38. The summed E-state index contributed by atoms with van der Waals surface area (Å²) in [6.07, 6.45) is 3.56. The molecule has 1 heterocycles. The van der Waals surface area contributed by atoms with Crippen LogP contribution < -0.4 is 5.32 Å². The minimum absolute atomic E-state index is 0.181. The van der Waals surface area contributed by atoms with E-state index < -0.39 is 0 Å². The average molecular weight is 269 g/mol. The van der Waals surface area contributed by atoms with E-state index in [0.717, 1.165) is 29.8 Å². The molecule has 102 valence electrons. The van der Waals surface area contributed by atoms with Crippen LogP contribution in [0, 0.1) is 0 Å². The number of carbonyl (C=O) groups is 1. The SMILES string of the molecule is C=CC(=O)NCc1ccc(-c2nc(C3CC3)no2)cc1. The van der Waals surface area contributed by atoms with Crippen molar-refractivity contribution in [2.75, 3.05) is 0 Å². The third kappa shape index (κ3) is 2.77. The smallest absolute Gasteiger partial charge is 0.257 e. The van der Waals surface area contributed by atoms with Crippen molar-refractivity contribution < 1.29 is 9.32 Å². The molecule has 5 nitrogen and oxygen atoms in total. The van der Waals surface area contributed by atoms with Crippen molar-refractivity contribution in [3.63, 3.8) is 0 Å². The number of rotatable bonds is 5. The van der Waals surface area contributed by atoms with Gasteiger partial charge in [-0.15, -0.1) is 0 Å². The molecule has 1 aromatic carbocycles. The first-order chi connectivity index (χ1) is 9.76. The first kappa shape index (κ1) is 12.6. The van der Waals surface area contributed by atoms with Gasteiger partial charge in [0.1, 0.15) is 0 Å². The van der Waals surface area contributed by atoms with Gasteiger partial charge in [-0.25, -0.2) is 0 Å². The fraction of sp³-hybridized carbons (Fsp3) is 0.267. The molecule has 3 rings (SSSR count). The Labute approximate surface area is 116 Å². The summed E-state index contributed by atoms with van der Waals surface area (Å²) in [4.78, 5) is 15.5. The largest absolute Gasteiger partial charge is 0.348 e. The number of hydrogen-bond donors (Lipinski definition) is 1. The number of hydrogen-bond acceptors (Lipinski definition) is 4. The molecule has 5 heteroatoms. The fourth-order valence-electron chi connectivity index (χ4n) is 1.89. The van der Waals surface area contributed by atoms with Gasteiger partial charge in [0, 0.05) is 18.0 Å². The molecule has 1 saturated carbocycles. The number of carbonyl (C=O) groups excluding carboxylic acids is 1. The van der Waals surface area contributed by atoms with Crippen molar-refractivity contribution in [3.05, 3.63) is 48.3 Å². The Balaban J connectivity index is 1.68. The Hall–Kier alpha value is -2.43. The second-order valence-electron chi connectivity index (χ2n) is 4.85. The van der Waals surface area contributed by atoms with Gasteiger partial charge >= 0.3 is 0 Å². The lowest BCUT2D eigenvalue weighted by molar-refractivity contribution is -0.116. The minimum Gasteiger partial charge on any atom is -0.348 e. The van der Waals surface area contributed by atoms with Crippen LogP contribution in [0.1, 0.15) is 30.1 Å². The molecule has 1 amide bonds. The van der Waals surface area contributed by atoms with Gasteiger partial charge in [0.2, 0.25) is 5.91 Å². The van der Waals surface area contributed by atoms with Gasteiger partial charge in [-0.3, -0.25) is 4.79 Å². The standard InChI is InChI=1S/C15H15N3O2/c1-2-13(19)16-9-10-3-5-12(6-4-10)15-17-14(18-20-15)11-7-8-11/h2-6,11H,1,7-9H2,(H,16,19). The van der Waals surface area contributed by atoms with E-state index in [2.05, 4.69) is 22.0 Å². The van der Waals surface area contributed by atoms with Gasteiger partial charge in [-0.2, -0.15) is 4.98 Å². The summed E-state index contributed by atoms with van der Waals surface area (Å²) in [5, 5.41) is 6.72. The molecule has 0 bridgehead atoms. The first-order valence-electron chi connectivity index (χ1n) is 6.59. The van der Waals surface area contributed by atoms with E-state index in [9.17, 15) is 4.79 Å². The third-order valence-electron chi connectivity index (χ3n) is 3.24. The van der Waals surface area contributed by atoms with Crippen LogP contribution in [0.25, 0.3) is 11.5 Å². The lowest BCUT2D eigenvalue weighted by Crippen LogP contribution is -2.19. The molecule has 1 aromatic heterocycles. The van der Waals surface area contributed by atoms with Gasteiger partial charge in [0.25, 0.3) is 5.89 Å². The third-order valence-corrected chi connectivity index (χ3v) is 3.24. The van der Waals surface area contributed by atoms with Gasteiger partial charge in [-0.1, -0.05) is 23.9 Å². The van der Waals surface area contributed by atoms with Crippen molar-refractivity contribution in [1.82, 2.24) is 15.5 Å². The fourth-order valence-corrected chi connectivity index (χ4v) is 1.89. The quantitative estimate of drug-likeness (QED) is 0.846. The molecular weight excluding hydrogens is 254 g/mol. The van der Waals surface area contributed by atoms with E-state index in [4.69, 9.17) is 4.52 Å². The van der Waals surface area contributed by atoms with Crippen LogP contribution in [0.2, 0.25) is 0 Å². The summed E-state index contributed by atoms with van der Waals surface area (Å²) in [5.74, 6) is 1.66. The zero-order valence-electron chi connectivity index (χ0n) is 11.0. The monoisotopic (exact) mass is 269 g/mol. The maximum absolute atomic E-state index is 11.1. The summed E-state index contributed by atoms with van der Waals surface area (Å²) in [5.41, 5.74) is 1.90. The van der Waals surface area contributed by atoms with E-state index in [0.29, 0.717) is 18.4 Å². The molecule has 0 aliphatic heterocycles. The Bertz CT molecular complexity index is 627. The van der Waals surface area contributed by atoms with Crippen molar-refractivity contribution in [2.45, 2.75) is 25.3 Å². The van der Waals surface area contributed by atoms with E-state index in [1.165, 1.54) is 6.08 Å². The van der Waals surface area contributed by atoms with Crippen molar-refractivity contribution >= 4 is 5.91 Å². The van der Waals surface area contributed by atoms with Gasteiger partial charge in [0.05, 0.1) is 0 Å². The highest BCUT2D eigenvalue weighted by Gasteiger charge is 2.28. The Morgan fingerprint density at radius 3 is 2.80 bits per heavy atom. The van der Waals surface area contributed by atoms with Crippen LogP contribution in [0.15, 0.2) is 41.4 Å². The van der Waals surface area contributed by atoms with E-state index in [1.54, 1.807) is 0 Å². The Morgan fingerprint density at radius 2 is 2.15 bits per heavy atom. The maximum atomic E-state index is 11.1. The summed E-state index contributed by atoms with van der Waals surface area (Å²) < 4.78 is 5.26. The van der Waals surface area contributed by atoms with Crippen LogP contribution in [-0.4, -0.2) is 16.0 Å². The normalized spacial score (nSPS) is 14.0.